The third kappa shape index (κ3) is 3.96. The maximum absolute atomic E-state index is 12.3. The molecule has 3 aliphatic rings. The Bertz CT molecular complexity index is 586. The smallest absolute Gasteiger partial charge is 0.311 e. The fourth-order valence-electron chi connectivity index (χ4n) is 5.36. The fourth-order valence-corrected chi connectivity index (χ4v) is 6.04. The lowest BCUT2D eigenvalue weighted by molar-refractivity contribution is -0.154. The predicted molar refractivity (Wildman–Crippen MR) is 90.7 cm³/mol. The van der Waals surface area contributed by atoms with E-state index in [1.165, 1.54) is 32.8 Å². The van der Waals surface area contributed by atoms with Crippen molar-refractivity contribution in [2.75, 3.05) is 13.4 Å². The highest BCUT2D eigenvalue weighted by Crippen LogP contribution is 2.57. The van der Waals surface area contributed by atoms with Gasteiger partial charge in [-0.25, -0.2) is 0 Å². The van der Waals surface area contributed by atoms with Crippen LogP contribution in [0.15, 0.2) is 0 Å². The Kier molecular flexibility index (Phi) is 5.00. The molecule has 5 unspecified atom stereocenters. The Morgan fingerprint density at radius 3 is 2.46 bits per heavy atom. The molecule has 6 atom stereocenters. The summed E-state index contributed by atoms with van der Waals surface area (Å²) in [6, 6.07) is 0. The zero-order valence-electron chi connectivity index (χ0n) is 15.0. The molecule has 0 aliphatic heterocycles. The van der Waals surface area contributed by atoms with Gasteiger partial charge in [-0.2, -0.15) is 8.42 Å². The molecule has 0 N–H and O–H groups in total. The number of carbonyl (C=O) groups is 1. The van der Waals surface area contributed by atoms with Crippen molar-refractivity contribution in [3.8, 4) is 0 Å². The Balaban J connectivity index is 1.74. The van der Waals surface area contributed by atoms with Crippen LogP contribution < -0.4 is 0 Å². The van der Waals surface area contributed by atoms with E-state index in [9.17, 15) is 13.2 Å². The van der Waals surface area contributed by atoms with Crippen molar-refractivity contribution < 1.29 is 22.1 Å². The zero-order chi connectivity index (χ0) is 17.5. The Hall–Kier alpha value is -0.620. The quantitative estimate of drug-likeness (QED) is 0.570. The van der Waals surface area contributed by atoms with Gasteiger partial charge in [0, 0.05) is 0 Å². The number of hydrogen-bond donors (Lipinski definition) is 0. The van der Waals surface area contributed by atoms with Crippen molar-refractivity contribution in [1.82, 2.24) is 0 Å². The average molecular weight is 359 g/mol. The van der Waals surface area contributed by atoms with Crippen molar-refractivity contribution in [1.29, 1.82) is 0 Å². The lowest BCUT2D eigenvalue weighted by atomic mass is 9.59. The standard InChI is InChI=1S/C18H30O5S/c1-12-9-14(12)13-5-4-7-18(10-13)8-6-16(23-24(3,20)21)15(11-18)17(19)22-2/h12-16H,4-11H2,1-3H3/t12?,13?,14-,15?,16?,18?/m0/s1. The minimum Gasteiger partial charge on any atom is -0.469 e. The topological polar surface area (TPSA) is 69.7 Å². The van der Waals surface area contributed by atoms with Crippen LogP contribution in [-0.2, 0) is 23.8 Å². The molecule has 3 fully saturated rings. The van der Waals surface area contributed by atoms with E-state index >= 15 is 0 Å². The van der Waals surface area contributed by atoms with Gasteiger partial charge >= 0.3 is 5.97 Å². The third-order valence-electron chi connectivity index (χ3n) is 6.62. The molecule has 0 radical (unpaired) electrons. The van der Waals surface area contributed by atoms with Crippen LogP contribution in [0.2, 0.25) is 0 Å². The molecule has 0 aromatic heterocycles. The summed E-state index contributed by atoms with van der Waals surface area (Å²) >= 11 is 0. The molecule has 0 aromatic carbocycles. The number of ether oxygens (including phenoxy) is 1. The Morgan fingerprint density at radius 1 is 1.17 bits per heavy atom. The zero-order valence-corrected chi connectivity index (χ0v) is 15.8. The molecule has 0 aromatic rings. The van der Waals surface area contributed by atoms with Crippen LogP contribution in [0.3, 0.4) is 0 Å². The monoisotopic (exact) mass is 358 g/mol. The van der Waals surface area contributed by atoms with Gasteiger partial charge in [0.15, 0.2) is 0 Å². The van der Waals surface area contributed by atoms with Gasteiger partial charge in [0.2, 0.25) is 0 Å². The van der Waals surface area contributed by atoms with Crippen molar-refractivity contribution in [2.45, 2.75) is 64.4 Å². The van der Waals surface area contributed by atoms with E-state index in [0.29, 0.717) is 12.8 Å². The second kappa shape index (κ2) is 6.60. The molecule has 3 rings (SSSR count). The van der Waals surface area contributed by atoms with E-state index in [4.69, 9.17) is 8.92 Å². The summed E-state index contributed by atoms with van der Waals surface area (Å²) in [7, 11) is -2.20. The Morgan fingerprint density at radius 2 is 1.88 bits per heavy atom. The molecule has 5 nitrogen and oxygen atoms in total. The van der Waals surface area contributed by atoms with Gasteiger partial charge < -0.3 is 4.74 Å². The normalized spacial score (nSPS) is 42.7. The first-order valence-electron chi connectivity index (χ1n) is 9.19. The van der Waals surface area contributed by atoms with Crippen LogP contribution in [0.5, 0.6) is 0 Å². The van der Waals surface area contributed by atoms with Crippen LogP contribution in [-0.4, -0.2) is 33.9 Å². The first kappa shape index (κ1) is 18.2. The summed E-state index contributed by atoms with van der Waals surface area (Å²) in [4.78, 5) is 12.3. The molecule has 1 spiro atoms. The maximum Gasteiger partial charge on any atom is 0.311 e. The molecule has 3 aliphatic carbocycles. The molecule has 3 saturated carbocycles. The summed E-state index contributed by atoms with van der Waals surface area (Å²) in [6.07, 6.45) is 8.97. The second-order valence-electron chi connectivity index (χ2n) is 8.44. The van der Waals surface area contributed by atoms with E-state index in [0.717, 1.165) is 36.9 Å². The fraction of sp³-hybridized carbons (Fsp3) is 0.944. The van der Waals surface area contributed by atoms with Gasteiger partial charge in [-0.1, -0.05) is 19.8 Å². The largest absolute Gasteiger partial charge is 0.469 e. The van der Waals surface area contributed by atoms with Crippen LogP contribution in [0.1, 0.15) is 58.3 Å². The molecule has 0 bridgehead atoms. The van der Waals surface area contributed by atoms with Crippen molar-refractivity contribution in [2.24, 2.45) is 29.1 Å². The summed E-state index contributed by atoms with van der Waals surface area (Å²) in [5, 5.41) is 0. The third-order valence-corrected chi connectivity index (χ3v) is 7.21. The highest BCUT2D eigenvalue weighted by Gasteiger charge is 2.50. The number of rotatable bonds is 4. The van der Waals surface area contributed by atoms with E-state index in [1.54, 1.807) is 0 Å². The molecule has 0 heterocycles. The van der Waals surface area contributed by atoms with E-state index in [2.05, 4.69) is 6.92 Å². The van der Waals surface area contributed by atoms with Gasteiger partial charge in [0.1, 0.15) is 0 Å². The van der Waals surface area contributed by atoms with Gasteiger partial charge in [-0.3, -0.25) is 8.98 Å². The van der Waals surface area contributed by atoms with Crippen LogP contribution in [0.4, 0.5) is 0 Å². The second-order valence-corrected chi connectivity index (χ2v) is 10.0. The number of carbonyl (C=O) groups excluding carboxylic acids is 1. The molecule has 6 heteroatoms. The molecular weight excluding hydrogens is 328 g/mol. The average Bonchev–Trinajstić information content (AvgIpc) is 3.24. The molecule has 0 saturated heterocycles. The van der Waals surface area contributed by atoms with Crippen LogP contribution in [0.25, 0.3) is 0 Å². The van der Waals surface area contributed by atoms with Gasteiger partial charge in [-0.15, -0.1) is 0 Å². The summed E-state index contributed by atoms with van der Waals surface area (Å²) in [5.41, 5.74) is 0.168. The number of methoxy groups -OCH3 is 1. The molecule has 0 amide bonds. The SMILES string of the molecule is COC(=O)C1CC2(CCCC([C@H]3CC3C)C2)CCC1OS(C)(=O)=O. The van der Waals surface area contributed by atoms with E-state index < -0.39 is 22.1 Å². The predicted octanol–water partition coefficient (Wildman–Crippen LogP) is 3.14. The van der Waals surface area contributed by atoms with Crippen molar-refractivity contribution in [3.63, 3.8) is 0 Å². The lowest BCUT2D eigenvalue weighted by Crippen LogP contribution is -2.45. The summed E-state index contributed by atoms with van der Waals surface area (Å²) in [5.74, 6) is 1.70. The van der Waals surface area contributed by atoms with Gasteiger partial charge in [0.05, 0.1) is 25.4 Å². The lowest BCUT2D eigenvalue weighted by Gasteiger charge is -2.47. The van der Waals surface area contributed by atoms with E-state index in [1.807, 2.05) is 0 Å². The highest BCUT2D eigenvalue weighted by atomic mass is 32.2. The summed E-state index contributed by atoms with van der Waals surface area (Å²) in [6.45, 7) is 2.33. The first-order valence-corrected chi connectivity index (χ1v) is 11.0. The van der Waals surface area contributed by atoms with E-state index in [-0.39, 0.29) is 11.4 Å². The van der Waals surface area contributed by atoms with Crippen molar-refractivity contribution in [3.05, 3.63) is 0 Å². The summed E-state index contributed by atoms with van der Waals surface area (Å²) < 4.78 is 33.3. The Labute approximate surface area is 145 Å². The maximum atomic E-state index is 12.3. The number of esters is 1. The first-order chi connectivity index (χ1) is 11.2. The van der Waals surface area contributed by atoms with Gasteiger partial charge in [0.25, 0.3) is 10.1 Å². The van der Waals surface area contributed by atoms with Gasteiger partial charge in [-0.05, 0) is 61.7 Å². The minimum absolute atomic E-state index is 0.168. The highest BCUT2D eigenvalue weighted by molar-refractivity contribution is 7.86. The molecule has 138 valence electrons. The van der Waals surface area contributed by atoms with Crippen LogP contribution in [0, 0.1) is 29.1 Å². The minimum atomic E-state index is -3.57. The number of hydrogen-bond acceptors (Lipinski definition) is 5. The van der Waals surface area contributed by atoms with Crippen LogP contribution >= 0.6 is 0 Å². The van der Waals surface area contributed by atoms with Crippen molar-refractivity contribution >= 4 is 16.1 Å². The molecular formula is C18H30O5S. The molecule has 24 heavy (non-hydrogen) atoms.